The van der Waals surface area contributed by atoms with E-state index in [2.05, 4.69) is 60.5 Å². The van der Waals surface area contributed by atoms with Crippen molar-refractivity contribution in [1.29, 1.82) is 0 Å². The number of nitrogens with one attached hydrogen (secondary N) is 1. The maximum atomic E-state index is 12.9. The van der Waals surface area contributed by atoms with E-state index in [1.807, 2.05) is 30.7 Å². The number of hydrogen-bond donors (Lipinski definition) is 1. The van der Waals surface area contributed by atoms with Gasteiger partial charge in [-0.1, -0.05) is 24.8 Å². The lowest BCUT2D eigenvalue weighted by atomic mass is 9.91. The highest BCUT2D eigenvalue weighted by atomic mass is 16.2. The molecule has 2 aliphatic rings. The predicted octanol–water partition coefficient (Wildman–Crippen LogP) is 4.33. The van der Waals surface area contributed by atoms with Crippen LogP contribution in [0.25, 0.3) is 27.8 Å². The Kier molecular flexibility index (Phi) is 5.88. The minimum Gasteiger partial charge on any atom is -0.340 e. The summed E-state index contributed by atoms with van der Waals surface area (Å²) in [7, 11) is 0. The van der Waals surface area contributed by atoms with Gasteiger partial charge in [-0.05, 0) is 61.6 Å². The Morgan fingerprint density at radius 1 is 0.976 bits per heavy atom. The molecule has 9 heteroatoms. The second-order valence-corrected chi connectivity index (χ2v) is 11.0. The summed E-state index contributed by atoms with van der Waals surface area (Å²) in [5, 5.41) is 3.92. The summed E-state index contributed by atoms with van der Waals surface area (Å²) in [6, 6.07) is 13.3. The summed E-state index contributed by atoms with van der Waals surface area (Å²) in [6.45, 7) is 7.07. The van der Waals surface area contributed by atoms with Crippen molar-refractivity contribution >= 4 is 28.5 Å². The molecule has 5 aromatic rings. The zero-order valence-electron chi connectivity index (χ0n) is 22.7. The fourth-order valence-electron chi connectivity index (χ4n) is 5.59. The Hall–Kier alpha value is -4.92. The van der Waals surface area contributed by atoms with Crippen molar-refractivity contribution < 1.29 is 9.59 Å². The smallest absolute Gasteiger partial charge is 0.270 e. The Bertz CT molecular complexity index is 1830. The topological polar surface area (TPSA) is 105 Å². The zero-order chi connectivity index (χ0) is 28.1. The SMILES string of the molecule is C=C(C)[C@@H](NC(=O)c1ccc(-c2cnc3ncc(C4(c5ccc6ncccc6c5)CC4)n3c2)cn1)C(=O)N1CCC1. The molecule has 1 saturated heterocycles. The molecular formula is C32H29N7O2. The average Bonchev–Trinajstić information content (AvgIpc) is 3.66. The molecule has 0 bridgehead atoms. The van der Waals surface area contributed by atoms with Gasteiger partial charge in [-0.3, -0.25) is 24.0 Å². The van der Waals surface area contributed by atoms with Crippen LogP contribution in [-0.4, -0.2) is 60.2 Å². The van der Waals surface area contributed by atoms with Crippen LogP contribution in [0.5, 0.6) is 0 Å². The summed E-state index contributed by atoms with van der Waals surface area (Å²) in [4.78, 5) is 45.5. The van der Waals surface area contributed by atoms with E-state index < -0.39 is 11.9 Å². The third kappa shape index (κ3) is 4.34. The summed E-state index contributed by atoms with van der Waals surface area (Å²) >= 11 is 0. The van der Waals surface area contributed by atoms with Crippen LogP contribution in [0.2, 0.25) is 0 Å². The number of likely N-dealkylation sites (tertiary alicyclic amines) is 1. The molecule has 0 radical (unpaired) electrons. The van der Waals surface area contributed by atoms with Crippen molar-refractivity contribution in [3.63, 3.8) is 0 Å². The Labute approximate surface area is 237 Å². The zero-order valence-corrected chi connectivity index (χ0v) is 22.7. The van der Waals surface area contributed by atoms with Crippen LogP contribution in [0, 0.1) is 0 Å². The summed E-state index contributed by atoms with van der Waals surface area (Å²) in [6.07, 6.45) is 12.3. The highest BCUT2D eigenvalue weighted by Crippen LogP contribution is 2.53. The molecule has 2 fully saturated rings. The fraction of sp³-hybridized carbons (Fsp3) is 0.250. The van der Waals surface area contributed by atoms with Gasteiger partial charge in [0.25, 0.3) is 5.91 Å². The molecule has 1 aliphatic carbocycles. The van der Waals surface area contributed by atoms with Crippen LogP contribution in [-0.2, 0) is 10.2 Å². The number of hydrogen-bond acceptors (Lipinski definition) is 6. The number of rotatable bonds is 7. The van der Waals surface area contributed by atoms with Crippen molar-refractivity contribution in [1.82, 2.24) is 34.6 Å². The van der Waals surface area contributed by atoms with Crippen LogP contribution in [0.4, 0.5) is 0 Å². The van der Waals surface area contributed by atoms with Crippen molar-refractivity contribution in [3.05, 3.63) is 103 Å². The van der Waals surface area contributed by atoms with Gasteiger partial charge in [0.2, 0.25) is 11.7 Å². The molecule has 7 rings (SSSR count). The molecule has 0 spiro atoms. The summed E-state index contributed by atoms with van der Waals surface area (Å²) < 4.78 is 2.06. The van der Waals surface area contributed by atoms with Crippen molar-refractivity contribution in [2.75, 3.05) is 13.1 Å². The molecule has 5 heterocycles. The second-order valence-electron chi connectivity index (χ2n) is 11.0. The average molecular weight is 544 g/mol. The van der Waals surface area contributed by atoms with Crippen LogP contribution in [0.15, 0.2) is 85.6 Å². The molecule has 4 aromatic heterocycles. The maximum Gasteiger partial charge on any atom is 0.270 e. The summed E-state index contributed by atoms with van der Waals surface area (Å²) in [5.41, 5.74) is 5.74. The number of carbonyl (C=O) groups excluding carboxylic acids is 2. The minimum absolute atomic E-state index is 0.114. The van der Waals surface area contributed by atoms with E-state index in [0.29, 0.717) is 24.4 Å². The van der Waals surface area contributed by atoms with Crippen LogP contribution < -0.4 is 5.32 Å². The number of pyridine rings is 2. The molecule has 2 amide bonds. The first-order chi connectivity index (χ1) is 19.9. The molecule has 204 valence electrons. The van der Waals surface area contributed by atoms with E-state index in [-0.39, 0.29) is 17.0 Å². The van der Waals surface area contributed by atoms with Gasteiger partial charge < -0.3 is 10.2 Å². The maximum absolute atomic E-state index is 12.9. The van der Waals surface area contributed by atoms with Crippen LogP contribution >= 0.6 is 0 Å². The highest BCUT2D eigenvalue weighted by Gasteiger charge is 2.48. The van der Waals surface area contributed by atoms with E-state index in [9.17, 15) is 9.59 Å². The van der Waals surface area contributed by atoms with Gasteiger partial charge in [0, 0.05) is 59.8 Å². The van der Waals surface area contributed by atoms with Gasteiger partial charge in [0.15, 0.2) is 0 Å². The van der Waals surface area contributed by atoms with E-state index in [1.54, 1.807) is 30.3 Å². The fourth-order valence-corrected chi connectivity index (χ4v) is 5.59. The lowest BCUT2D eigenvalue weighted by Crippen LogP contribution is -2.53. The second kappa shape index (κ2) is 9.62. The van der Waals surface area contributed by atoms with Gasteiger partial charge in [-0.15, -0.1) is 0 Å². The number of carbonyl (C=O) groups is 2. The lowest BCUT2D eigenvalue weighted by molar-refractivity contribution is -0.135. The number of fused-ring (bicyclic) bond motifs is 2. The third-order valence-electron chi connectivity index (χ3n) is 8.27. The summed E-state index contributed by atoms with van der Waals surface area (Å²) in [5.74, 6) is 0.0994. The Morgan fingerprint density at radius 3 is 2.49 bits per heavy atom. The Morgan fingerprint density at radius 2 is 1.78 bits per heavy atom. The van der Waals surface area contributed by atoms with E-state index in [1.165, 1.54) is 5.56 Å². The number of imidazole rings is 1. The first-order valence-corrected chi connectivity index (χ1v) is 13.8. The number of aromatic nitrogens is 5. The van der Waals surface area contributed by atoms with Crippen LogP contribution in [0.3, 0.4) is 0 Å². The van der Waals surface area contributed by atoms with Crippen molar-refractivity contribution in [2.45, 2.75) is 37.6 Å². The first kappa shape index (κ1) is 25.1. The van der Waals surface area contributed by atoms with E-state index in [0.717, 1.165) is 47.0 Å². The van der Waals surface area contributed by atoms with Gasteiger partial charge in [-0.25, -0.2) is 9.97 Å². The normalized spacial score (nSPS) is 16.3. The van der Waals surface area contributed by atoms with Gasteiger partial charge >= 0.3 is 0 Å². The van der Waals surface area contributed by atoms with Crippen LogP contribution in [0.1, 0.15) is 47.9 Å². The standard InChI is InChI=1S/C32H29N7O2/c1-20(2)28(30(41)38-13-4-14-38)37-29(40)26-8-6-22(16-34-26)23-17-35-31-36-18-27(39(31)19-23)32(10-11-32)24-7-9-25-21(15-24)5-3-12-33-25/h3,5-9,12,15-19,28H,1,4,10-11,13-14H2,2H3,(H,37,40)/t28-/m1/s1. The monoisotopic (exact) mass is 543 g/mol. The molecule has 41 heavy (non-hydrogen) atoms. The molecule has 1 N–H and O–H groups in total. The molecule has 1 saturated carbocycles. The van der Waals surface area contributed by atoms with Gasteiger partial charge in [0.1, 0.15) is 11.7 Å². The van der Waals surface area contributed by atoms with E-state index >= 15 is 0 Å². The van der Waals surface area contributed by atoms with Gasteiger partial charge in [-0.2, -0.15) is 0 Å². The largest absolute Gasteiger partial charge is 0.340 e. The molecule has 1 atom stereocenters. The van der Waals surface area contributed by atoms with Crippen molar-refractivity contribution in [3.8, 4) is 11.1 Å². The third-order valence-corrected chi connectivity index (χ3v) is 8.27. The Balaban J connectivity index is 1.15. The lowest BCUT2D eigenvalue weighted by Gasteiger charge is -2.34. The first-order valence-electron chi connectivity index (χ1n) is 13.8. The number of amides is 2. The molecule has 1 aliphatic heterocycles. The van der Waals surface area contributed by atoms with E-state index in [4.69, 9.17) is 0 Å². The van der Waals surface area contributed by atoms with Gasteiger partial charge in [0.05, 0.1) is 17.4 Å². The molecular weight excluding hydrogens is 514 g/mol. The molecule has 1 aromatic carbocycles. The minimum atomic E-state index is -0.760. The predicted molar refractivity (Wildman–Crippen MR) is 155 cm³/mol. The quantitative estimate of drug-likeness (QED) is 0.307. The number of benzene rings is 1. The number of nitrogens with zero attached hydrogens (tertiary/aromatic N) is 6. The molecule has 0 unspecified atom stereocenters. The van der Waals surface area contributed by atoms with Crippen molar-refractivity contribution in [2.24, 2.45) is 0 Å². The molecule has 9 nitrogen and oxygen atoms in total. The highest BCUT2D eigenvalue weighted by molar-refractivity contribution is 5.97.